The third kappa shape index (κ3) is 2.38. The Balaban J connectivity index is 2.28. The second-order valence-corrected chi connectivity index (χ2v) is 6.21. The summed E-state index contributed by atoms with van der Waals surface area (Å²) >= 11 is 0. The molecule has 0 saturated carbocycles. The lowest BCUT2D eigenvalue weighted by Gasteiger charge is -2.31. The molecule has 0 radical (unpaired) electrons. The van der Waals surface area contributed by atoms with Gasteiger partial charge < -0.3 is 10.2 Å². The highest BCUT2D eigenvalue weighted by molar-refractivity contribution is 7.89. The van der Waals surface area contributed by atoms with Crippen LogP contribution in [0.2, 0.25) is 0 Å². The van der Waals surface area contributed by atoms with Gasteiger partial charge in [-0.2, -0.15) is 4.31 Å². The topological polar surface area (TPSA) is 76.5 Å². The first-order valence-electron chi connectivity index (χ1n) is 5.86. The molecule has 5 nitrogen and oxygen atoms in total. The van der Waals surface area contributed by atoms with Crippen LogP contribution in [0.15, 0.2) is 21.6 Å². The SMILES string of the molecule is CC1CCCCN1S(=O)(=O)c1ccc(CN)o1. The van der Waals surface area contributed by atoms with Gasteiger partial charge in [0.25, 0.3) is 10.0 Å². The van der Waals surface area contributed by atoms with Crippen molar-refractivity contribution >= 4 is 10.0 Å². The fourth-order valence-electron chi connectivity index (χ4n) is 2.15. The molecule has 17 heavy (non-hydrogen) atoms. The fraction of sp³-hybridized carbons (Fsp3) is 0.636. The summed E-state index contributed by atoms with van der Waals surface area (Å²) in [6, 6.07) is 3.14. The van der Waals surface area contributed by atoms with Gasteiger partial charge in [-0.15, -0.1) is 0 Å². The Morgan fingerprint density at radius 1 is 1.47 bits per heavy atom. The van der Waals surface area contributed by atoms with E-state index in [0.717, 1.165) is 19.3 Å². The van der Waals surface area contributed by atoms with Crippen molar-refractivity contribution in [2.24, 2.45) is 5.73 Å². The molecule has 0 aromatic carbocycles. The minimum atomic E-state index is -3.49. The van der Waals surface area contributed by atoms with Crippen molar-refractivity contribution in [1.29, 1.82) is 0 Å². The average Bonchev–Trinajstić information content (AvgIpc) is 2.78. The molecule has 2 heterocycles. The van der Waals surface area contributed by atoms with Gasteiger partial charge in [0.15, 0.2) is 0 Å². The number of nitrogens with two attached hydrogens (primary N) is 1. The molecule has 0 spiro atoms. The second kappa shape index (κ2) is 4.80. The van der Waals surface area contributed by atoms with Gasteiger partial charge in [-0.1, -0.05) is 6.42 Å². The normalized spacial score (nSPS) is 22.8. The quantitative estimate of drug-likeness (QED) is 0.886. The third-order valence-electron chi connectivity index (χ3n) is 3.14. The van der Waals surface area contributed by atoms with Gasteiger partial charge >= 0.3 is 0 Å². The van der Waals surface area contributed by atoms with Crippen molar-refractivity contribution in [3.8, 4) is 0 Å². The zero-order valence-corrected chi connectivity index (χ0v) is 10.7. The van der Waals surface area contributed by atoms with Crippen LogP contribution in [-0.4, -0.2) is 25.3 Å². The summed E-state index contributed by atoms with van der Waals surface area (Å²) in [6.07, 6.45) is 2.90. The zero-order valence-electron chi connectivity index (χ0n) is 9.93. The maximum atomic E-state index is 12.3. The Morgan fingerprint density at radius 2 is 2.24 bits per heavy atom. The van der Waals surface area contributed by atoms with E-state index in [1.165, 1.54) is 10.4 Å². The van der Waals surface area contributed by atoms with Gasteiger partial charge in [0.1, 0.15) is 5.76 Å². The molecule has 1 unspecified atom stereocenters. The van der Waals surface area contributed by atoms with Crippen molar-refractivity contribution < 1.29 is 12.8 Å². The number of piperidine rings is 1. The zero-order chi connectivity index (χ0) is 12.5. The molecular formula is C11H18N2O3S. The molecule has 96 valence electrons. The molecule has 1 aliphatic heterocycles. The summed E-state index contributed by atoms with van der Waals surface area (Å²) < 4.78 is 31.4. The second-order valence-electron chi connectivity index (χ2n) is 4.39. The maximum absolute atomic E-state index is 12.3. The van der Waals surface area contributed by atoms with Gasteiger partial charge in [-0.25, -0.2) is 8.42 Å². The lowest BCUT2D eigenvalue weighted by atomic mass is 10.1. The molecule has 1 fully saturated rings. The van der Waals surface area contributed by atoms with E-state index in [1.807, 2.05) is 6.92 Å². The van der Waals surface area contributed by atoms with E-state index in [1.54, 1.807) is 6.07 Å². The Labute approximate surface area is 102 Å². The van der Waals surface area contributed by atoms with E-state index in [2.05, 4.69) is 0 Å². The van der Waals surface area contributed by atoms with Crippen LogP contribution in [0.25, 0.3) is 0 Å². The molecule has 1 aliphatic rings. The summed E-state index contributed by atoms with van der Waals surface area (Å²) in [5.74, 6) is 0.494. The standard InChI is InChI=1S/C11H18N2O3S/c1-9-4-2-3-7-13(9)17(14,15)11-6-5-10(8-12)16-11/h5-6,9H,2-4,7-8,12H2,1H3. The first-order chi connectivity index (χ1) is 8.05. The summed E-state index contributed by atoms with van der Waals surface area (Å²) in [7, 11) is -3.49. The number of furan rings is 1. The molecule has 1 saturated heterocycles. The van der Waals surface area contributed by atoms with Gasteiger partial charge in [0.2, 0.25) is 5.09 Å². The largest absolute Gasteiger partial charge is 0.447 e. The highest BCUT2D eigenvalue weighted by atomic mass is 32.2. The number of nitrogens with zero attached hydrogens (tertiary/aromatic N) is 1. The minimum absolute atomic E-state index is 0.00620. The monoisotopic (exact) mass is 258 g/mol. The molecule has 0 amide bonds. The van der Waals surface area contributed by atoms with E-state index in [4.69, 9.17) is 10.2 Å². The third-order valence-corrected chi connectivity index (χ3v) is 5.03. The predicted molar refractivity (Wildman–Crippen MR) is 63.8 cm³/mol. The molecule has 0 bridgehead atoms. The maximum Gasteiger partial charge on any atom is 0.276 e. The lowest BCUT2D eigenvalue weighted by molar-refractivity contribution is 0.260. The Bertz CT molecular complexity index is 481. The molecule has 0 aliphatic carbocycles. The van der Waals surface area contributed by atoms with Crippen LogP contribution >= 0.6 is 0 Å². The number of sulfonamides is 1. The highest BCUT2D eigenvalue weighted by Gasteiger charge is 2.33. The summed E-state index contributed by atoms with van der Waals surface area (Å²) in [6.45, 7) is 2.72. The Kier molecular flexibility index (Phi) is 3.56. The molecule has 1 aromatic rings. The Morgan fingerprint density at radius 3 is 2.82 bits per heavy atom. The average molecular weight is 258 g/mol. The summed E-state index contributed by atoms with van der Waals surface area (Å²) in [4.78, 5) is 0. The number of hydrogen-bond donors (Lipinski definition) is 1. The van der Waals surface area contributed by atoms with E-state index in [9.17, 15) is 8.42 Å². The van der Waals surface area contributed by atoms with Crippen molar-refractivity contribution in [3.05, 3.63) is 17.9 Å². The summed E-state index contributed by atoms with van der Waals surface area (Å²) in [5, 5.41) is 0.00620. The first kappa shape index (κ1) is 12.6. The molecule has 2 N–H and O–H groups in total. The molecule has 1 atom stereocenters. The molecule has 6 heteroatoms. The highest BCUT2D eigenvalue weighted by Crippen LogP contribution is 2.26. The van der Waals surface area contributed by atoms with E-state index >= 15 is 0 Å². The van der Waals surface area contributed by atoms with Gasteiger partial charge in [-0.05, 0) is 31.9 Å². The van der Waals surface area contributed by atoms with Crippen molar-refractivity contribution in [1.82, 2.24) is 4.31 Å². The van der Waals surface area contributed by atoms with Crippen molar-refractivity contribution in [2.45, 2.75) is 43.9 Å². The number of rotatable bonds is 3. The van der Waals surface area contributed by atoms with Crippen LogP contribution in [-0.2, 0) is 16.6 Å². The van der Waals surface area contributed by atoms with Crippen LogP contribution in [0, 0.1) is 0 Å². The van der Waals surface area contributed by atoms with Gasteiger partial charge in [0, 0.05) is 12.6 Å². The smallest absolute Gasteiger partial charge is 0.276 e. The molecule has 1 aromatic heterocycles. The van der Waals surface area contributed by atoms with E-state index in [0.29, 0.717) is 12.3 Å². The van der Waals surface area contributed by atoms with Crippen LogP contribution in [0.1, 0.15) is 31.9 Å². The summed E-state index contributed by atoms with van der Waals surface area (Å²) in [5.41, 5.74) is 5.41. The van der Waals surface area contributed by atoms with Gasteiger partial charge in [-0.3, -0.25) is 0 Å². The molecule has 2 rings (SSSR count). The van der Waals surface area contributed by atoms with Crippen LogP contribution in [0.3, 0.4) is 0 Å². The van der Waals surface area contributed by atoms with Crippen molar-refractivity contribution in [2.75, 3.05) is 6.54 Å². The Hall–Kier alpha value is -0.850. The number of hydrogen-bond acceptors (Lipinski definition) is 4. The van der Waals surface area contributed by atoms with E-state index < -0.39 is 10.0 Å². The fourth-order valence-corrected chi connectivity index (χ4v) is 3.78. The van der Waals surface area contributed by atoms with Crippen LogP contribution < -0.4 is 5.73 Å². The van der Waals surface area contributed by atoms with Crippen molar-refractivity contribution in [3.63, 3.8) is 0 Å². The molecular weight excluding hydrogens is 240 g/mol. The minimum Gasteiger partial charge on any atom is -0.447 e. The lowest BCUT2D eigenvalue weighted by Crippen LogP contribution is -2.41. The predicted octanol–water partition coefficient (Wildman–Crippen LogP) is 1.30. The van der Waals surface area contributed by atoms with E-state index in [-0.39, 0.29) is 17.7 Å². The van der Waals surface area contributed by atoms with Crippen LogP contribution in [0.5, 0.6) is 0 Å². The first-order valence-corrected chi connectivity index (χ1v) is 7.30. The van der Waals surface area contributed by atoms with Crippen LogP contribution in [0.4, 0.5) is 0 Å². The van der Waals surface area contributed by atoms with Gasteiger partial charge in [0.05, 0.1) is 6.54 Å².